The molecule has 0 aliphatic carbocycles. The Hall–Kier alpha value is -0.640. The zero-order valence-electron chi connectivity index (χ0n) is 10.6. The first-order valence-electron chi connectivity index (χ1n) is 6.35. The summed E-state index contributed by atoms with van der Waals surface area (Å²) in [7, 11) is 0. The van der Waals surface area contributed by atoms with Gasteiger partial charge in [0.2, 0.25) is 0 Å². The molecule has 2 heterocycles. The van der Waals surface area contributed by atoms with E-state index in [0.29, 0.717) is 6.04 Å². The van der Waals surface area contributed by atoms with E-state index >= 15 is 0 Å². The topological polar surface area (TPSA) is 29.0 Å². The van der Waals surface area contributed by atoms with E-state index in [4.69, 9.17) is 0 Å². The highest BCUT2D eigenvalue weighted by atomic mass is 79.9. The maximum Gasteiger partial charge on any atom is 0.150 e. The summed E-state index contributed by atoms with van der Waals surface area (Å²) >= 11 is 3.51. The summed E-state index contributed by atoms with van der Waals surface area (Å²) in [6.45, 7) is 5.20. The summed E-state index contributed by atoms with van der Waals surface area (Å²) in [6.07, 6.45) is 6.91. The summed E-state index contributed by atoms with van der Waals surface area (Å²) in [4.78, 5) is 11.5. The zero-order chi connectivity index (χ0) is 12.3. The van der Waals surface area contributed by atoms with Crippen molar-refractivity contribution < 1.29 is 0 Å². The van der Waals surface area contributed by atoms with E-state index in [9.17, 15) is 0 Å². The molecule has 1 atom stereocenters. The molecule has 0 saturated carbocycles. The lowest BCUT2D eigenvalue weighted by molar-refractivity contribution is 0.598. The Morgan fingerprint density at radius 1 is 1.47 bits per heavy atom. The van der Waals surface area contributed by atoms with Crippen LogP contribution in [-0.2, 0) is 0 Å². The molecule has 1 unspecified atom stereocenters. The Labute approximate surface area is 112 Å². The molecule has 1 saturated heterocycles. The van der Waals surface area contributed by atoms with Crippen LogP contribution in [0.25, 0.3) is 0 Å². The van der Waals surface area contributed by atoms with Gasteiger partial charge in [-0.15, -0.1) is 0 Å². The van der Waals surface area contributed by atoms with E-state index < -0.39 is 0 Å². The summed E-state index contributed by atoms with van der Waals surface area (Å²) in [5, 5.41) is 1.09. The van der Waals surface area contributed by atoms with Crippen molar-refractivity contribution in [1.82, 2.24) is 9.97 Å². The number of halogens is 1. The average Bonchev–Trinajstić information content (AvgIpc) is 2.77. The van der Waals surface area contributed by atoms with E-state index in [1.165, 1.54) is 25.7 Å². The van der Waals surface area contributed by atoms with Crippen molar-refractivity contribution in [3.8, 4) is 0 Å². The van der Waals surface area contributed by atoms with Crippen molar-refractivity contribution in [2.45, 2.75) is 45.6 Å². The number of anilines is 1. The van der Waals surface area contributed by atoms with Gasteiger partial charge in [-0.05, 0) is 39.5 Å². The number of hydrogen-bond acceptors (Lipinski definition) is 3. The molecule has 0 spiro atoms. The quantitative estimate of drug-likeness (QED) is 0.799. The Bertz CT molecular complexity index is 381. The first-order chi connectivity index (χ1) is 8.22. The maximum absolute atomic E-state index is 4.66. The van der Waals surface area contributed by atoms with Crippen molar-refractivity contribution in [3.63, 3.8) is 0 Å². The number of rotatable bonds is 4. The normalized spacial score (nSPS) is 19.9. The Kier molecular flexibility index (Phi) is 4.37. The standard InChI is InChI=1S/C13H20BrN3/c1-10-9-15-11(2)13(16-10)17-8-4-6-12(17)5-3-7-14/h9,12H,3-8H2,1-2H3. The van der Waals surface area contributed by atoms with Crippen LogP contribution in [0.1, 0.15) is 37.1 Å². The van der Waals surface area contributed by atoms with Gasteiger partial charge in [0.05, 0.1) is 11.4 Å². The summed E-state index contributed by atoms with van der Waals surface area (Å²) in [6, 6.07) is 0.655. The average molecular weight is 298 g/mol. The van der Waals surface area contributed by atoms with Crippen LogP contribution < -0.4 is 4.90 Å². The largest absolute Gasteiger partial charge is 0.352 e. The third-order valence-corrected chi connectivity index (χ3v) is 3.93. The highest BCUT2D eigenvalue weighted by Crippen LogP contribution is 2.28. The fraction of sp³-hybridized carbons (Fsp3) is 0.692. The third-order valence-electron chi connectivity index (χ3n) is 3.37. The van der Waals surface area contributed by atoms with E-state index in [2.05, 4.69) is 37.7 Å². The molecule has 2 rings (SSSR count). The molecule has 1 aliphatic rings. The molecule has 0 radical (unpaired) electrons. The molecule has 1 fully saturated rings. The molecule has 4 heteroatoms. The Balaban J connectivity index is 2.16. The Morgan fingerprint density at radius 3 is 3.06 bits per heavy atom. The molecule has 0 N–H and O–H groups in total. The van der Waals surface area contributed by atoms with E-state index in [1.807, 2.05) is 13.1 Å². The maximum atomic E-state index is 4.66. The van der Waals surface area contributed by atoms with Gasteiger partial charge in [0, 0.05) is 24.1 Å². The van der Waals surface area contributed by atoms with Crippen molar-refractivity contribution in [2.24, 2.45) is 0 Å². The molecule has 17 heavy (non-hydrogen) atoms. The first-order valence-corrected chi connectivity index (χ1v) is 7.47. The van der Waals surface area contributed by atoms with Gasteiger partial charge in [0.25, 0.3) is 0 Å². The number of aryl methyl sites for hydroxylation is 2. The highest BCUT2D eigenvalue weighted by Gasteiger charge is 2.26. The number of hydrogen-bond donors (Lipinski definition) is 0. The predicted octanol–water partition coefficient (Wildman–Crippen LogP) is 3.24. The molecule has 0 amide bonds. The van der Waals surface area contributed by atoms with Crippen LogP contribution in [0, 0.1) is 13.8 Å². The third kappa shape index (κ3) is 2.97. The first kappa shape index (κ1) is 12.8. The molecule has 0 bridgehead atoms. The van der Waals surface area contributed by atoms with Crippen LogP contribution >= 0.6 is 15.9 Å². The molecule has 1 aliphatic heterocycles. The van der Waals surface area contributed by atoms with Gasteiger partial charge >= 0.3 is 0 Å². The van der Waals surface area contributed by atoms with Crippen LogP contribution in [0.2, 0.25) is 0 Å². The van der Waals surface area contributed by atoms with E-state index in [-0.39, 0.29) is 0 Å². The number of aromatic nitrogens is 2. The predicted molar refractivity (Wildman–Crippen MR) is 74.9 cm³/mol. The fourth-order valence-corrected chi connectivity index (χ4v) is 2.85. The smallest absolute Gasteiger partial charge is 0.150 e. The fourth-order valence-electron chi connectivity index (χ4n) is 2.52. The van der Waals surface area contributed by atoms with Crippen molar-refractivity contribution >= 4 is 21.7 Å². The highest BCUT2D eigenvalue weighted by molar-refractivity contribution is 9.09. The molecule has 1 aromatic heterocycles. The summed E-state index contributed by atoms with van der Waals surface area (Å²) in [5.74, 6) is 1.10. The van der Waals surface area contributed by atoms with E-state index in [1.54, 1.807) is 0 Å². The molecular formula is C13H20BrN3. The van der Waals surface area contributed by atoms with Gasteiger partial charge in [0.15, 0.2) is 5.82 Å². The number of nitrogens with zero attached hydrogens (tertiary/aromatic N) is 3. The lowest BCUT2D eigenvalue weighted by atomic mass is 10.1. The van der Waals surface area contributed by atoms with Crippen LogP contribution in [0.15, 0.2) is 6.20 Å². The second kappa shape index (κ2) is 5.80. The molecular weight excluding hydrogens is 278 g/mol. The van der Waals surface area contributed by atoms with Crippen LogP contribution in [0.4, 0.5) is 5.82 Å². The van der Waals surface area contributed by atoms with Crippen molar-refractivity contribution in [2.75, 3.05) is 16.8 Å². The van der Waals surface area contributed by atoms with Crippen LogP contribution in [0.3, 0.4) is 0 Å². The van der Waals surface area contributed by atoms with Gasteiger partial charge in [-0.25, -0.2) is 4.98 Å². The summed E-state index contributed by atoms with van der Waals surface area (Å²) in [5.41, 5.74) is 2.07. The lowest BCUT2D eigenvalue weighted by Gasteiger charge is -2.26. The van der Waals surface area contributed by atoms with Gasteiger partial charge in [-0.3, -0.25) is 4.98 Å². The van der Waals surface area contributed by atoms with Crippen molar-refractivity contribution in [1.29, 1.82) is 0 Å². The lowest BCUT2D eigenvalue weighted by Crippen LogP contribution is -2.31. The van der Waals surface area contributed by atoms with Gasteiger partial charge in [0.1, 0.15) is 0 Å². The van der Waals surface area contributed by atoms with Gasteiger partial charge in [-0.2, -0.15) is 0 Å². The second-order valence-corrected chi connectivity index (χ2v) is 5.53. The van der Waals surface area contributed by atoms with Crippen molar-refractivity contribution in [3.05, 3.63) is 17.6 Å². The van der Waals surface area contributed by atoms with Gasteiger partial charge < -0.3 is 4.90 Å². The van der Waals surface area contributed by atoms with Crippen LogP contribution in [-0.4, -0.2) is 27.9 Å². The minimum atomic E-state index is 0.655. The SMILES string of the molecule is Cc1cnc(C)c(N2CCCC2CCCBr)n1. The zero-order valence-corrected chi connectivity index (χ0v) is 12.2. The Morgan fingerprint density at radius 2 is 2.29 bits per heavy atom. The minimum Gasteiger partial charge on any atom is -0.352 e. The molecule has 3 nitrogen and oxygen atoms in total. The molecule has 1 aromatic rings. The number of alkyl halides is 1. The minimum absolute atomic E-state index is 0.655. The summed E-state index contributed by atoms with van der Waals surface area (Å²) < 4.78 is 0. The van der Waals surface area contributed by atoms with Gasteiger partial charge in [-0.1, -0.05) is 15.9 Å². The monoisotopic (exact) mass is 297 g/mol. The molecule has 0 aromatic carbocycles. The van der Waals surface area contributed by atoms with Crippen LogP contribution in [0.5, 0.6) is 0 Å². The second-order valence-electron chi connectivity index (χ2n) is 4.74. The molecule has 94 valence electrons. The van der Waals surface area contributed by atoms with E-state index in [0.717, 1.165) is 29.1 Å².